The van der Waals surface area contributed by atoms with Crippen molar-refractivity contribution in [2.75, 3.05) is 18.4 Å². The fraction of sp³-hybridized carbons (Fsp3) is 0.400. The lowest BCUT2D eigenvalue weighted by Crippen LogP contribution is -2.23. The predicted molar refractivity (Wildman–Crippen MR) is 109 cm³/mol. The van der Waals surface area contributed by atoms with Crippen molar-refractivity contribution in [2.45, 2.75) is 38.8 Å². The fourth-order valence-corrected chi connectivity index (χ4v) is 3.29. The Kier molecular flexibility index (Phi) is 7.02. The van der Waals surface area contributed by atoms with Gasteiger partial charge in [-0.3, -0.25) is 4.57 Å². The highest BCUT2D eigenvalue weighted by Crippen LogP contribution is 2.22. The van der Waals surface area contributed by atoms with Crippen LogP contribution in [0.15, 0.2) is 34.9 Å². The second-order valence-electron chi connectivity index (χ2n) is 7.01. The molecule has 0 amide bonds. The number of rotatable bonds is 4. The fourth-order valence-electron chi connectivity index (χ4n) is 3.29. The molecular formula is C20H25N5O5. The van der Waals surface area contributed by atoms with Gasteiger partial charge in [-0.05, 0) is 63.5 Å². The number of carboxylic acids is 2. The Morgan fingerprint density at radius 2 is 2.03 bits per heavy atom. The lowest BCUT2D eigenvalue weighted by atomic mass is 10.1. The maximum absolute atomic E-state index is 9.10. The summed E-state index contributed by atoms with van der Waals surface area (Å²) in [5.41, 5.74) is 1.80. The first-order chi connectivity index (χ1) is 14.4. The molecule has 1 aliphatic rings. The van der Waals surface area contributed by atoms with E-state index in [0.717, 1.165) is 54.6 Å². The Labute approximate surface area is 172 Å². The zero-order chi connectivity index (χ0) is 21.5. The minimum atomic E-state index is -1.82. The summed E-state index contributed by atoms with van der Waals surface area (Å²) in [6.45, 7) is 4.75. The molecular weight excluding hydrogens is 390 g/mol. The van der Waals surface area contributed by atoms with Gasteiger partial charge in [0.25, 0.3) is 0 Å². The molecule has 1 unspecified atom stereocenters. The smallest absolute Gasteiger partial charge is 0.414 e. The van der Waals surface area contributed by atoms with Gasteiger partial charge in [-0.1, -0.05) is 0 Å². The topological polar surface area (TPSA) is 143 Å². The summed E-state index contributed by atoms with van der Waals surface area (Å²) in [4.78, 5) is 27.5. The quantitative estimate of drug-likeness (QED) is 0.471. The Morgan fingerprint density at radius 3 is 2.73 bits per heavy atom. The van der Waals surface area contributed by atoms with Crippen molar-refractivity contribution < 1.29 is 24.2 Å². The van der Waals surface area contributed by atoms with Gasteiger partial charge in [0.1, 0.15) is 17.0 Å². The number of aromatic nitrogens is 3. The van der Waals surface area contributed by atoms with Crippen LogP contribution in [0, 0.1) is 6.92 Å². The van der Waals surface area contributed by atoms with Gasteiger partial charge >= 0.3 is 11.9 Å². The number of aryl methyl sites for hydroxylation is 1. The van der Waals surface area contributed by atoms with Gasteiger partial charge in [0, 0.05) is 12.2 Å². The third kappa shape index (κ3) is 5.57. The molecule has 3 aromatic heterocycles. The van der Waals surface area contributed by atoms with E-state index in [-0.39, 0.29) is 0 Å². The third-order valence-corrected chi connectivity index (χ3v) is 4.71. The first-order valence-electron chi connectivity index (χ1n) is 9.74. The van der Waals surface area contributed by atoms with E-state index in [4.69, 9.17) is 29.2 Å². The number of furan rings is 1. The van der Waals surface area contributed by atoms with E-state index in [2.05, 4.69) is 20.2 Å². The molecule has 10 heteroatoms. The molecule has 30 heavy (non-hydrogen) atoms. The van der Waals surface area contributed by atoms with Gasteiger partial charge in [0.2, 0.25) is 5.95 Å². The molecule has 4 rings (SSSR count). The maximum Gasteiger partial charge on any atom is 0.414 e. The molecule has 0 radical (unpaired) electrons. The molecule has 4 heterocycles. The number of anilines is 1. The molecule has 0 aliphatic carbocycles. The van der Waals surface area contributed by atoms with Crippen molar-refractivity contribution in [3.63, 3.8) is 0 Å². The van der Waals surface area contributed by atoms with E-state index < -0.39 is 11.9 Å². The molecule has 1 aliphatic heterocycles. The van der Waals surface area contributed by atoms with E-state index in [0.29, 0.717) is 12.6 Å². The summed E-state index contributed by atoms with van der Waals surface area (Å²) in [6.07, 6.45) is 5.26. The van der Waals surface area contributed by atoms with E-state index in [1.165, 1.54) is 6.42 Å². The Balaban J connectivity index is 0.000000377. The largest absolute Gasteiger partial charge is 0.473 e. The number of nitrogens with zero attached hydrogens (tertiary/aromatic N) is 3. The molecule has 1 atom stereocenters. The van der Waals surface area contributed by atoms with Crippen molar-refractivity contribution in [3.05, 3.63) is 42.0 Å². The van der Waals surface area contributed by atoms with Crippen molar-refractivity contribution in [3.8, 4) is 0 Å². The zero-order valence-corrected chi connectivity index (χ0v) is 16.7. The number of hydrogen-bond acceptors (Lipinski definition) is 7. The van der Waals surface area contributed by atoms with Crippen LogP contribution in [0.3, 0.4) is 0 Å². The first kappa shape index (κ1) is 21.3. The van der Waals surface area contributed by atoms with Gasteiger partial charge in [-0.25, -0.2) is 19.6 Å². The highest BCUT2D eigenvalue weighted by atomic mass is 16.4. The number of nitrogens with one attached hydrogen (secondary N) is 2. The van der Waals surface area contributed by atoms with Crippen LogP contribution in [0.5, 0.6) is 0 Å². The highest BCUT2D eigenvalue weighted by Gasteiger charge is 2.18. The molecule has 1 saturated heterocycles. The molecule has 0 spiro atoms. The lowest BCUT2D eigenvalue weighted by Gasteiger charge is -2.17. The summed E-state index contributed by atoms with van der Waals surface area (Å²) in [5, 5.41) is 21.9. The number of pyridine rings is 1. The average molecular weight is 415 g/mol. The van der Waals surface area contributed by atoms with Crippen LogP contribution in [0.1, 0.15) is 30.8 Å². The third-order valence-electron chi connectivity index (χ3n) is 4.71. The summed E-state index contributed by atoms with van der Waals surface area (Å²) in [5.74, 6) is -0.926. The first-order valence-corrected chi connectivity index (χ1v) is 9.74. The monoisotopic (exact) mass is 415 g/mol. The molecule has 0 aromatic carbocycles. The summed E-state index contributed by atoms with van der Waals surface area (Å²) in [6, 6.07) is 8.38. The summed E-state index contributed by atoms with van der Waals surface area (Å²) in [7, 11) is 0. The van der Waals surface area contributed by atoms with Crippen molar-refractivity contribution >= 4 is 29.1 Å². The van der Waals surface area contributed by atoms with Gasteiger partial charge in [-0.15, -0.1) is 0 Å². The Bertz CT molecular complexity index is 992. The maximum atomic E-state index is 9.10. The number of imidazole rings is 1. The number of fused-ring (bicyclic) bond motifs is 1. The molecule has 4 N–H and O–H groups in total. The molecule has 160 valence electrons. The van der Waals surface area contributed by atoms with E-state index in [1.54, 1.807) is 0 Å². The number of carboxylic acid groups (broad SMARTS) is 2. The Hall–Kier alpha value is -3.40. The van der Waals surface area contributed by atoms with Crippen LogP contribution in [0.25, 0.3) is 11.2 Å². The van der Waals surface area contributed by atoms with Crippen LogP contribution >= 0.6 is 0 Å². The number of aliphatic carboxylic acids is 2. The van der Waals surface area contributed by atoms with E-state index in [1.807, 2.05) is 37.4 Å². The predicted octanol–water partition coefficient (Wildman–Crippen LogP) is 2.09. The normalized spacial score (nSPS) is 16.4. The van der Waals surface area contributed by atoms with Gasteiger partial charge < -0.3 is 25.3 Å². The van der Waals surface area contributed by atoms with Crippen LogP contribution in [0.2, 0.25) is 0 Å². The molecule has 1 fully saturated rings. The second kappa shape index (κ2) is 9.88. The minimum Gasteiger partial charge on any atom is -0.473 e. The van der Waals surface area contributed by atoms with Crippen LogP contribution in [-0.2, 0) is 16.1 Å². The second-order valence-corrected chi connectivity index (χ2v) is 7.01. The Morgan fingerprint density at radius 1 is 1.23 bits per heavy atom. The zero-order valence-electron chi connectivity index (χ0n) is 16.7. The summed E-state index contributed by atoms with van der Waals surface area (Å²) < 4.78 is 7.87. The average Bonchev–Trinajstić information content (AvgIpc) is 3.16. The van der Waals surface area contributed by atoms with Gasteiger partial charge in [-0.2, -0.15) is 0 Å². The number of carbonyl (C=O) groups is 2. The SMILES string of the molecule is Cc1ccc(Cn2c(NC3CCCNCC3)nc3cccnc32)o1.O=C(O)C(=O)O. The number of hydrogen-bond donors (Lipinski definition) is 4. The highest BCUT2D eigenvalue weighted by molar-refractivity contribution is 6.27. The van der Waals surface area contributed by atoms with Crippen LogP contribution < -0.4 is 10.6 Å². The summed E-state index contributed by atoms with van der Waals surface area (Å²) >= 11 is 0. The minimum absolute atomic E-state index is 0.439. The van der Waals surface area contributed by atoms with Crippen molar-refractivity contribution in [1.29, 1.82) is 0 Å². The van der Waals surface area contributed by atoms with Crippen molar-refractivity contribution in [2.24, 2.45) is 0 Å². The van der Waals surface area contributed by atoms with Crippen LogP contribution in [0.4, 0.5) is 5.95 Å². The molecule has 0 bridgehead atoms. The van der Waals surface area contributed by atoms with Crippen LogP contribution in [-0.4, -0.2) is 55.8 Å². The lowest BCUT2D eigenvalue weighted by molar-refractivity contribution is -0.159. The van der Waals surface area contributed by atoms with Gasteiger partial charge in [0.15, 0.2) is 5.65 Å². The molecule has 10 nitrogen and oxygen atoms in total. The van der Waals surface area contributed by atoms with Crippen molar-refractivity contribution in [1.82, 2.24) is 19.9 Å². The van der Waals surface area contributed by atoms with Gasteiger partial charge in [0.05, 0.1) is 6.54 Å². The molecule has 3 aromatic rings. The van der Waals surface area contributed by atoms with E-state index in [9.17, 15) is 0 Å². The van der Waals surface area contributed by atoms with E-state index >= 15 is 0 Å². The molecule has 0 saturated carbocycles. The standard InChI is InChI=1S/C18H23N5O.C2H2O4/c1-13-6-7-15(24-13)12-23-17-16(5-3-10-20-17)22-18(23)21-14-4-2-9-19-11-8-14;3-1(4)2(5)6/h3,5-7,10,14,19H,2,4,8-9,11-12H2,1H3,(H,21,22);(H,3,4)(H,5,6).